The highest BCUT2D eigenvalue weighted by atomic mass is 16.6. The Morgan fingerprint density at radius 3 is 2.50 bits per heavy atom. The Balaban J connectivity index is 1.53. The van der Waals surface area contributed by atoms with Crippen molar-refractivity contribution in [2.45, 2.75) is 12.8 Å². The van der Waals surface area contributed by atoms with Gasteiger partial charge in [0, 0.05) is 29.3 Å². The lowest BCUT2D eigenvalue weighted by Crippen LogP contribution is -2.22. The Morgan fingerprint density at radius 2 is 1.81 bits per heavy atom. The minimum atomic E-state index is -0.691. The maximum Gasteiger partial charge on any atom is 0.349 e. The molecule has 1 aliphatic heterocycles. The summed E-state index contributed by atoms with van der Waals surface area (Å²) in [7, 11) is 0. The molecular weight excluding hydrogens is 466 g/mol. The van der Waals surface area contributed by atoms with Crippen molar-refractivity contribution < 1.29 is 28.7 Å². The van der Waals surface area contributed by atoms with Crippen molar-refractivity contribution in [1.82, 2.24) is 0 Å². The molecule has 10 nitrogen and oxygen atoms in total. The zero-order valence-electron chi connectivity index (χ0n) is 19.2. The van der Waals surface area contributed by atoms with Gasteiger partial charge in [-0.1, -0.05) is 24.3 Å². The summed E-state index contributed by atoms with van der Waals surface area (Å²) in [5.41, 5.74) is 7.65. The number of hydrogen-bond acceptors (Lipinski definition) is 9. The number of rotatable bonds is 8. The van der Waals surface area contributed by atoms with E-state index in [-0.39, 0.29) is 28.6 Å². The molecule has 1 aliphatic rings. The molecule has 0 amide bonds. The number of carbonyl (C=O) groups is 1. The standard InChI is InChI=1S/C26H21N3O7/c1-2-33-22-6-4-3-5-19(22)25-20-12-11-18(13-23(20)36-26(28)21(25)14-27)35-24(30)15-34-17-9-7-16(8-10-17)29(31)32/h3-13,25H,2,15,28H2,1H3. The number of hydrogen-bond donors (Lipinski definition) is 1. The van der Waals surface area contributed by atoms with Crippen LogP contribution in [0.2, 0.25) is 0 Å². The van der Waals surface area contributed by atoms with Crippen molar-refractivity contribution in [2.75, 3.05) is 13.2 Å². The molecule has 0 spiro atoms. The predicted octanol–water partition coefficient (Wildman–Crippen LogP) is 4.20. The van der Waals surface area contributed by atoms with Crippen LogP contribution in [0.4, 0.5) is 5.69 Å². The summed E-state index contributed by atoms with van der Waals surface area (Å²) in [6.45, 7) is 1.90. The number of nitro groups is 1. The first-order chi connectivity index (χ1) is 17.4. The summed E-state index contributed by atoms with van der Waals surface area (Å²) in [5, 5.41) is 20.5. The van der Waals surface area contributed by atoms with Gasteiger partial charge in [-0.15, -0.1) is 0 Å². The Morgan fingerprint density at radius 1 is 1.08 bits per heavy atom. The summed E-state index contributed by atoms with van der Waals surface area (Å²) < 4.78 is 22.1. The second kappa shape index (κ2) is 10.5. The van der Waals surface area contributed by atoms with E-state index in [0.717, 1.165) is 5.56 Å². The van der Waals surface area contributed by atoms with Gasteiger partial charge >= 0.3 is 5.97 Å². The number of non-ortho nitro benzene ring substituents is 1. The Hall–Kier alpha value is -5.04. The smallest absolute Gasteiger partial charge is 0.349 e. The first kappa shape index (κ1) is 24.1. The molecule has 10 heteroatoms. The number of para-hydroxylation sites is 1. The molecule has 1 atom stereocenters. The third-order valence-corrected chi connectivity index (χ3v) is 5.36. The highest BCUT2D eigenvalue weighted by Crippen LogP contribution is 2.45. The van der Waals surface area contributed by atoms with Crippen LogP contribution in [-0.4, -0.2) is 24.1 Å². The van der Waals surface area contributed by atoms with Crippen molar-refractivity contribution in [1.29, 1.82) is 5.26 Å². The molecule has 0 saturated carbocycles. The number of carbonyl (C=O) groups excluding carboxylic acids is 1. The van der Waals surface area contributed by atoms with E-state index in [1.165, 1.54) is 30.3 Å². The van der Waals surface area contributed by atoms with Crippen molar-refractivity contribution in [3.8, 4) is 29.1 Å². The first-order valence-corrected chi connectivity index (χ1v) is 10.9. The number of nitro benzene ring substituents is 1. The second-order valence-electron chi connectivity index (χ2n) is 7.61. The fourth-order valence-corrected chi connectivity index (χ4v) is 3.79. The van der Waals surface area contributed by atoms with Crippen molar-refractivity contribution >= 4 is 11.7 Å². The number of allylic oxidation sites excluding steroid dienone is 1. The van der Waals surface area contributed by atoms with Gasteiger partial charge in [0.05, 0.1) is 17.4 Å². The molecule has 1 unspecified atom stereocenters. The van der Waals surface area contributed by atoms with Gasteiger partial charge < -0.3 is 24.7 Å². The summed E-state index contributed by atoms with van der Waals surface area (Å²) in [6, 6.07) is 19.6. The van der Waals surface area contributed by atoms with E-state index in [2.05, 4.69) is 6.07 Å². The van der Waals surface area contributed by atoms with Crippen LogP contribution in [0.5, 0.6) is 23.0 Å². The topological polar surface area (TPSA) is 147 Å². The van der Waals surface area contributed by atoms with Gasteiger partial charge in [0.15, 0.2) is 6.61 Å². The van der Waals surface area contributed by atoms with Gasteiger partial charge in [-0.25, -0.2) is 4.79 Å². The van der Waals surface area contributed by atoms with Crippen molar-refractivity contribution in [3.63, 3.8) is 0 Å². The monoisotopic (exact) mass is 487 g/mol. The number of benzene rings is 3. The molecule has 0 radical (unpaired) electrons. The summed E-state index contributed by atoms with van der Waals surface area (Å²) in [6.07, 6.45) is 0. The Labute approximate surface area is 206 Å². The van der Waals surface area contributed by atoms with E-state index in [0.29, 0.717) is 23.7 Å². The first-order valence-electron chi connectivity index (χ1n) is 10.9. The van der Waals surface area contributed by atoms with Crippen LogP contribution in [0.1, 0.15) is 24.0 Å². The fourth-order valence-electron chi connectivity index (χ4n) is 3.79. The molecule has 3 aromatic rings. The van der Waals surface area contributed by atoms with Gasteiger partial charge in [0.1, 0.15) is 34.6 Å². The summed E-state index contributed by atoms with van der Waals surface area (Å²) in [5.74, 6) is 0.161. The van der Waals surface area contributed by atoms with Crippen LogP contribution < -0.4 is 24.7 Å². The maximum absolute atomic E-state index is 12.3. The van der Waals surface area contributed by atoms with Crippen LogP contribution in [-0.2, 0) is 4.79 Å². The van der Waals surface area contributed by atoms with E-state index in [1.807, 2.05) is 31.2 Å². The summed E-state index contributed by atoms with van der Waals surface area (Å²) in [4.78, 5) is 22.5. The lowest BCUT2D eigenvalue weighted by molar-refractivity contribution is -0.384. The van der Waals surface area contributed by atoms with Crippen LogP contribution in [0.25, 0.3) is 0 Å². The van der Waals surface area contributed by atoms with E-state index in [1.54, 1.807) is 12.1 Å². The van der Waals surface area contributed by atoms with E-state index in [9.17, 15) is 20.2 Å². The highest BCUT2D eigenvalue weighted by Gasteiger charge is 2.33. The third kappa shape index (κ3) is 5.05. The van der Waals surface area contributed by atoms with Gasteiger partial charge in [-0.3, -0.25) is 10.1 Å². The van der Waals surface area contributed by atoms with Gasteiger partial charge in [-0.05, 0) is 31.2 Å². The molecule has 3 aromatic carbocycles. The lowest BCUT2D eigenvalue weighted by atomic mass is 9.83. The lowest BCUT2D eigenvalue weighted by Gasteiger charge is -2.27. The number of fused-ring (bicyclic) bond motifs is 1. The molecule has 4 rings (SSSR count). The number of esters is 1. The van der Waals surface area contributed by atoms with Gasteiger partial charge in [-0.2, -0.15) is 5.26 Å². The number of ether oxygens (including phenoxy) is 4. The zero-order chi connectivity index (χ0) is 25.7. The second-order valence-corrected chi connectivity index (χ2v) is 7.61. The highest BCUT2D eigenvalue weighted by molar-refractivity contribution is 5.74. The van der Waals surface area contributed by atoms with E-state index >= 15 is 0 Å². The van der Waals surface area contributed by atoms with Crippen molar-refractivity contribution in [2.24, 2.45) is 5.73 Å². The number of nitriles is 1. The average Bonchev–Trinajstić information content (AvgIpc) is 2.87. The van der Waals surface area contributed by atoms with Crippen LogP contribution >= 0.6 is 0 Å². The average molecular weight is 487 g/mol. The van der Waals surface area contributed by atoms with E-state index < -0.39 is 23.4 Å². The Kier molecular flexibility index (Phi) is 7.02. The van der Waals surface area contributed by atoms with Gasteiger partial charge in [0.2, 0.25) is 5.88 Å². The minimum Gasteiger partial charge on any atom is -0.494 e. The summed E-state index contributed by atoms with van der Waals surface area (Å²) >= 11 is 0. The molecule has 0 aliphatic carbocycles. The van der Waals surface area contributed by atoms with E-state index in [4.69, 9.17) is 24.7 Å². The molecule has 182 valence electrons. The van der Waals surface area contributed by atoms with Crippen LogP contribution in [0, 0.1) is 21.4 Å². The van der Waals surface area contributed by atoms with Gasteiger partial charge in [0.25, 0.3) is 5.69 Å². The van der Waals surface area contributed by atoms with Crippen molar-refractivity contribution in [3.05, 3.63) is 99.4 Å². The predicted molar refractivity (Wildman–Crippen MR) is 128 cm³/mol. The molecule has 1 heterocycles. The Bertz CT molecular complexity index is 1380. The quantitative estimate of drug-likeness (QED) is 0.214. The third-order valence-electron chi connectivity index (χ3n) is 5.36. The molecule has 0 bridgehead atoms. The normalized spacial score (nSPS) is 14.2. The minimum absolute atomic E-state index is 0.0497. The number of nitrogens with zero attached hydrogens (tertiary/aromatic N) is 2. The molecule has 36 heavy (non-hydrogen) atoms. The number of nitrogens with two attached hydrogens (primary N) is 1. The molecule has 0 aromatic heterocycles. The fraction of sp³-hybridized carbons (Fsp3) is 0.154. The molecule has 0 fully saturated rings. The van der Waals surface area contributed by atoms with Crippen LogP contribution in [0.3, 0.4) is 0 Å². The largest absolute Gasteiger partial charge is 0.494 e. The molecule has 0 saturated heterocycles. The SMILES string of the molecule is CCOc1ccccc1C1C(C#N)=C(N)Oc2cc(OC(=O)COc3ccc([N+](=O)[O-])cc3)ccc21. The maximum atomic E-state index is 12.3. The zero-order valence-corrected chi connectivity index (χ0v) is 19.2. The molecular formula is C26H21N3O7. The van der Waals surface area contributed by atoms with Crippen LogP contribution in [0.15, 0.2) is 78.2 Å². The molecule has 2 N–H and O–H groups in total.